The third-order valence-electron chi connectivity index (χ3n) is 7.77. The molecular weight excluding hydrogens is 526 g/mol. The van der Waals surface area contributed by atoms with Gasteiger partial charge in [-0.2, -0.15) is 4.98 Å². The van der Waals surface area contributed by atoms with E-state index < -0.39 is 10.0 Å². The van der Waals surface area contributed by atoms with Gasteiger partial charge >= 0.3 is 0 Å². The van der Waals surface area contributed by atoms with Crippen LogP contribution in [0.15, 0.2) is 54.7 Å². The first-order valence-electron chi connectivity index (χ1n) is 13.4. The van der Waals surface area contributed by atoms with Gasteiger partial charge in [0.1, 0.15) is 5.82 Å². The first-order chi connectivity index (χ1) is 18.9. The van der Waals surface area contributed by atoms with Crippen LogP contribution in [0.1, 0.15) is 25.0 Å². The number of rotatable bonds is 7. The second-order valence-electron chi connectivity index (χ2n) is 11.3. The summed E-state index contributed by atoms with van der Waals surface area (Å²) in [6.45, 7) is 8.71. The Kier molecular flexibility index (Phi) is 7.45. The lowest BCUT2D eigenvalue weighted by molar-refractivity contribution is -0.118. The Labute approximate surface area is 236 Å². The average Bonchev–Trinajstić information content (AvgIpc) is 3.19. The molecule has 3 aromatic rings. The fraction of sp³-hybridized carbons (Fsp3) is 0.414. The maximum Gasteiger partial charge on any atom is 0.232 e. The van der Waals surface area contributed by atoms with Crippen LogP contribution in [0.25, 0.3) is 0 Å². The van der Waals surface area contributed by atoms with Crippen molar-refractivity contribution in [3.05, 3.63) is 65.9 Å². The molecule has 2 aromatic carbocycles. The summed E-state index contributed by atoms with van der Waals surface area (Å²) < 4.78 is 25.6. The summed E-state index contributed by atoms with van der Waals surface area (Å²) in [5, 5.41) is 3.29. The van der Waals surface area contributed by atoms with Gasteiger partial charge in [-0.25, -0.2) is 13.4 Å². The molecule has 1 N–H and O–H groups in total. The van der Waals surface area contributed by atoms with Crippen molar-refractivity contribution < 1.29 is 13.2 Å². The van der Waals surface area contributed by atoms with Crippen molar-refractivity contribution in [2.75, 3.05) is 72.5 Å². The van der Waals surface area contributed by atoms with Crippen LogP contribution < -0.4 is 19.4 Å². The van der Waals surface area contributed by atoms with E-state index in [9.17, 15) is 13.2 Å². The standard InChI is InChI=1S/C29H37N7O3S/c1-29(2)20-36(26(37)18-21-8-6-7-9-25(21)34(4)40(5,38)39)27-24(29)19-30-28(32-27)31-22-10-12-23(13-11-22)35-16-14-33(3)15-17-35/h6-13,19H,14-18,20H2,1-5H3,(H,30,31,32). The predicted octanol–water partition coefficient (Wildman–Crippen LogP) is 3.23. The maximum absolute atomic E-state index is 13.6. The van der Waals surface area contributed by atoms with Crippen LogP contribution >= 0.6 is 0 Å². The van der Waals surface area contributed by atoms with Crippen LogP contribution in [-0.4, -0.2) is 82.3 Å². The van der Waals surface area contributed by atoms with Crippen LogP contribution in [-0.2, 0) is 26.7 Å². The summed E-state index contributed by atoms with van der Waals surface area (Å²) in [5.74, 6) is 0.844. The van der Waals surface area contributed by atoms with Crippen molar-refractivity contribution in [2.45, 2.75) is 25.7 Å². The van der Waals surface area contributed by atoms with Crippen LogP contribution in [0.5, 0.6) is 0 Å². The first-order valence-corrected chi connectivity index (χ1v) is 15.3. The van der Waals surface area contributed by atoms with E-state index in [1.54, 1.807) is 29.3 Å². The second-order valence-corrected chi connectivity index (χ2v) is 13.3. The minimum Gasteiger partial charge on any atom is -0.369 e. The van der Waals surface area contributed by atoms with Crippen LogP contribution in [0, 0.1) is 0 Å². The van der Waals surface area contributed by atoms with E-state index in [4.69, 9.17) is 4.98 Å². The fourth-order valence-electron chi connectivity index (χ4n) is 5.23. The van der Waals surface area contributed by atoms with Gasteiger partial charge in [-0.05, 0) is 42.9 Å². The van der Waals surface area contributed by atoms with Gasteiger partial charge in [-0.15, -0.1) is 0 Å². The van der Waals surface area contributed by atoms with E-state index in [-0.39, 0.29) is 17.7 Å². The minimum absolute atomic E-state index is 0.0477. The normalized spacial score (nSPS) is 17.0. The zero-order valence-electron chi connectivity index (χ0n) is 23.8. The Morgan fingerprint density at radius 2 is 1.73 bits per heavy atom. The monoisotopic (exact) mass is 563 g/mol. The second kappa shape index (κ2) is 10.7. The molecule has 0 unspecified atom stereocenters. The third kappa shape index (κ3) is 5.75. The summed E-state index contributed by atoms with van der Waals surface area (Å²) in [7, 11) is 0.170. The number of likely N-dealkylation sites (N-methyl/N-ethyl adjacent to an activating group) is 1. The quantitative estimate of drug-likeness (QED) is 0.468. The molecule has 10 nitrogen and oxygen atoms in total. The molecule has 1 amide bonds. The van der Waals surface area contributed by atoms with Gasteiger partial charge in [-0.1, -0.05) is 32.0 Å². The number of amides is 1. The molecule has 0 bridgehead atoms. The van der Waals surface area contributed by atoms with Crippen molar-refractivity contribution in [1.82, 2.24) is 14.9 Å². The van der Waals surface area contributed by atoms with Gasteiger partial charge < -0.3 is 15.1 Å². The molecule has 11 heteroatoms. The van der Waals surface area contributed by atoms with E-state index >= 15 is 0 Å². The molecule has 212 valence electrons. The fourth-order valence-corrected chi connectivity index (χ4v) is 5.77. The summed E-state index contributed by atoms with van der Waals surface area (Å²) in [4.78, 5) is 29.4. The number of carbonyl (C=O) groups is 1. The number of hydrogen-bond donors (Lipinski definition) is 1. The number of para-hydroxylation sites is 1. The molecule has 40 heavy (non-hydrogen) atoms. The molecule has 3 heterocycles. The van der Waals surface area contributed by atoms with E-state index in [1.807, 2.05) is 18.2 Å². The number of carbonyl (C=O) groups excluding carboxylic acids is 1. The number of anilines is 5. The highest BCUT2D eigenvalue weighted by Crippen LogP contribution is 2.40. The van der Waals surface area contributed by atoms with Gasteiger partial charge in [0, 0.05) is 68.3 Å². The molecule has 2 aliphatic heterocycles. The van der Waals surface area contributed by atoms with Crippen molar-refractivity contribution in [2.24, 2.45) is 0 Å². The average molecular weight is 564 g/mol. The largest absolute Gasteiger partial charge is 0.369 e. The number of nitrogens with one attached hydrogen (secondary N) is 1. The zero-order valence-corrected chi connectivity index (χ0v) is 24.6. The lowest BCUT2D eigenvalue weighted by atomic mass is 9.89. The summed E-state index contributed by atoms with van der Waals surface area (Å²) in [6, 6.07) is 15.3. The minimum atomic E-state index is -3.47. The highest BCUT2D eigenvalue weighted by atomic mass is 32.2. The van der Waals surface area contributed by atoms with Gasteiger partial charge in [0.2, 0.25) is 21.9 Å². The number of nitrogens with zero attached hydrogens (tertiary/aromatic N) is 6. The summed E-state index contributed by atoms with van der Waals surface area (Å²) in [6.07, 6.45) is 2.99. The third-order valence-corrected chi connectivity index (χ3v) is 8.96. The van der Waals surface area contributed by atoms with E-state index in [0.29, 0.717) is 29.6 Å². The van der Waals surface area contributed by atoms with Crippen LogP contribution in [0.3, 0.4) is 0 Å². The molecule has 0 radical (unpaired) electrons. The van der Waals surface area contributed by atoms with E-state index in [0.717, 1.165) is 43.7 Å². The molecule has 0 spiro atoms. The molecule has 2 aliphatic rings. The van der Waals surface area contributed by atoms with Crippen molar-refractivity contribution in [1.29, 1.82) is 0 Å². The maximum atomic E-state index is 13.6. The molecular formula is C29H37N7O3S. The zero-order chi connectivity index (χ0) is 28.7. The molecule has 0 atom stereocenters. The summed E-state index contributed by atoms with van der Waals surface area (Å²) >= 11 is 0. The highest BCUT2D eigenvalue weighted by molar-refractivity contribution is 7.92. The Morgan fingerprint density at radius 1 is 1.05 bits per heavy atom. The van der Waals surface area contributed by atoms with Gasteiger partial charge in [0.15, 0.2) is 0 Å². The molecule has 1 saturated heterocycles. The molecule has 1 aromatic heterocycles. The molecule has 5 rings (SSSR count). The molecule has 0 saturated carbocycles. The Bertz CT molecular complexity index is 1500. The Hall–Kier alpha value is -3.70. The van der Waals surface area contributed by atoms with Crippen molar-refractivity contribution in [3.63, 3.8) is 0 Å². The SMILES string of the molecule is CN1CCN(c2ccc(Nc3ncc4c(n3)N(C(=O)Cc3ccccc3N(C)S(C)(=O)=O)CC4(C)C)cc2)CC1. The first kappa shape index (κ1) is 27.9. The van der Waals surface area contributed by atoms with Crippen molar-refractivity contribution in [3.8, 4) is 0 Å². The van der Waals surface area contributed by atoms with Gasteiger partial charge in [0.05, 0.1) is 18.4 Å². The summed E-state index contributed by atoms with van der Waals surface area (Å²) in [5.41, 5.74) is 3.76. The Balaban J connectivity index is 1.35. The number of fused-ring (bicyclic) bond motifs is 1. The topological polar surface area (TPSA) is 102 Å². The predicted molar refractivity (Wildman–Crippen MR) is 160 cm³/mol. The Morgan fingerprint density at radius 3 is 2.40 bits per heavy atom. The number of aromatic nitrogens is 2. The number of hydrogen-bond acceptors (Lipinski definition) is 8. The van der Waals surface area contributed by atoms with Crippen LogP contribution in [0.4, 0.5) is 28.8 Å². The number of piperazine rings is 1. The van der Waals surface area contributed by atoms with Gasteiger partial charge in [-0.3, -0.25) is 14.0 Å². The lowest BCUT2D eigenvalue weighted by Gasteiger charge is -2.34. The highest BCUT2D eigenvalue weighted by Gasteiger charge is 2.40. The smallest absolute Gasteiger partial charge is 0.232 e. The van der Waals surface area contributed by atoms with E-state index in [2.05, 4.69) is 53.1 Å². The molecule has 0 aliphatic carbocycles. The van der Waals surface area contributed by atoms with E-state index in [1.165, 1.54) is 17.0 Å². The van der Waals surface area contributed by atoms with Crippen LogP contribution in [0.2, 0.25) is 0 Å². The van der Waals surface area contributed by atoms with Crippen molar-refractivity contribution >= 4 is 44.8 Å². The lowest BCUT2D eigenvalue weighted by Crippen LogP contribution is -2.44. The number of sulfonamides is 1. The number of benzene rings is 2. The van der Waals surface area contributed by atoms with Gasteiger partial charge in [0.25, 0.3) is 0 Å². The molecule has 1 fully saturated rings.